The molecule has 8 heteroatoms. The Balaban J connectivity index is 0.00000289. The van der Waals surface area contributed by atoms with Gasteiger partial charge in [-0.15, -0.1) is 12.4 Å². The number of hydrogen-bond donors (Lipinski definition) is 2. The van der Waals surface area contributed by atoms with E-state index in [0.717, 1.165) is 6.07 Å². The van der Waals surface area contributed by atoms with E-state index in [4.69, 9.17) is 11.6 Å². The van der Waals surface area contributed by atoms with Crippen LogP contribution in [0.15, 0.2) is 18.2 Å². The lowest BCUT2D eigenvalue weighted by Crippen LogP contribution is -2.31. The molecular formula is C10H15Cl2FN2O2S. The second-order valence-electron chi connectivity index (χ2n) is 3.51. The predicted molar refractivity (Wildman–Crippen MR) is 73.2 cm³/mol. The van der Waals surface area contributed by atoms with Gasteiger partial charge in [-0.25, -0.2) is 17.5 Å². The third kappa shape index (κ3) is 5.97. The van der Waals surface area contributed by atoms with E-state index in [9.17, 15) is 12.8 Å². The Morgan fingerprint density at radius 1 is 1.33 bits per heavy atom. The molecule has 0 aliphatic rings. The monoisotopic (exact) mass is 316 g/mol. The summed E-state index contributed by atoms with van der Waals surface area (Å²) in [6.07, 6.45) is 0. The van der Waals surface area contributed by atoms with Gasteiger partial charge in [-0.3, -0.25) is 0 Å². The van der Waals surface area contributed by atoms with Crippen LogP contribution in [0.4, 0.5) is 4.39 Å². The average Bonchev–Trinajstić information content (AvgIpc) is 2.23. The van der Waals surface area contributed by atoms with Crippen LogP contribution in [0.25, 0.3) is 0 Å². The van der Waals surface area contributed by atoms with E-state index in [2.05, 4.69) is 10.0 Å². The van der Waals surface area contributed by atoms with Crippen LogP contribution in [0.5, 0.6) is 0 Å². The molecule has 1 rings (SSSR count). The zero-order valence-electron chi connectivity index (χ0n) is 9.74. The minimum atomic E-state index is -3.41. The summed E-state index contributed by atoms with van der Waals surface area (Å²) in [4.78, 5) is 0. The fraction of sp³-hybridized carbons (Fsp3) is 0.400. The molecule has 0 bridgehead atoms. The number of rotatable bonds is 6. The molecular weight excluding hydrogens is 302 g/mol. The van der Waals surface area contributed by atoms with Crippen molar-refractivity contribution in [3.63, 3.8) is 0 Å². The van der Waals surface area contributed by atoms with E-state index >= 15 is 0 Å². The van der Waals surface area contributed by atoms with E-state index in [1.165, 1.54) is 12.1 Å². The molecule has 0 saturated carbocycles. The summed E-state index contributed by atoms with van der Waals surface area (Å²) in [7, 11) is -1.68. The van der Waals surface area contributed by atoms with Gasteiger partial charge in [0.2, 0.25) is 10.0 Å². The maximum atomic E-state index is 12.9. The molecule has 2 N–H and O–H groups in total. The molecule has 0 saturated heterocycles. The van der Waals surface area contributed by atoms with Gasteiger partial charge < -0.3 is 5.32 Å². The fourth-order valence-electron chi connectivity index (χ4n) is 1.23. The lowest BCUT2D eigenvalue weighted by Gasteiger charge is -2.07. The van der Waals surface area contributed by atoms with Crippen molar-refractivity contribution in [3.8, 4) is 0 Å². The van der Waals surface area contributed by atoms with Crippen LogP contribution in [0.3, 0.4) is 0 Å². The lowest BCUT2D eigenvalue weighted by molar-refractivity contribution is 0.578. The summed E-state index contributed by atoms with van der Waals surface area (Å²) >= 11 is 5.57. The van der Waals surface area contributed by atoms with E-state index in [0.29, 0.717) is 18.7 Å². The molecule has 1 aromatic rings. The van der Waals surface area contributed by atoms with E-state index in [-0.39, 0.29) is 23.2 Å². The molecule has 0 unspecified atom stereocenters. The minimum Gasteiger partial charge on any atom is -0.318 e. The molecule has 0 aliphatic heterocycles. The van der Waals surface area contributed by atoms with Crippen molar-refractivity contribution < 1.29 is 12.8 Å². The molecule has 0 fully saturated rings. The van der Waals surface area contributed by atoms with Crippen LogP contribution in [0.1, 0.15) is 5.56 Å². The van der Waals surface area contributed by atoms with E-state index in [1.807, 2.05) is 0 Å². The second-order valence-corrected chi connectivity index (χ2v) is 5.72. The number of nitrogens with one attached hydrogen (secondary N) is 2. The molecule has 0 heterocycles. The zero-order chi connectivity index (χ0) is 12.9. The first-order valence-corrected chi connectivity index (χ1v) is 7.03. The van der Waals surface area contributed by atoms with Gasteiger partial charge in [-0.2, -0.15) is 0 Å². The molecule has 0 aliphatic carbocycles. The van der Waals surface area contributed by atoms with Crippen molar-refractivity contribution in [1.29, 1.82) is 0 Å². The first kappa shape index (κ1) is 17.6. The van der Waals surface area contributed by atoms with Gasteiger partial charge in [0.15, 0.2) is 0 Å². The number of hydrogen-bond acceptors (Lipinski definition) is 3. The maximum Gasteiger partial charge on any atom is 0.215 e. The van der Waals surface area contributed by atoms with Crippen molar-refractivity contribution in [2.45, 2.75) is 5.75 Å². The summed E-state index contributed by atoms with van der Waals surface area (Å²) in [5, 5.41) is 2.75. The molecule has 0 amide bonds. The molecule has 0 radical (unpaired) electrons. The van der Waals surface area contributed by atoms with Crippen LogP contribution in [-0.2, 0) is 15.8 Å². The highest BCUT2D eigenvalue weighted by Crippen LogP contribution is 2.17. The molecule has 4 nitrogen and oxygen atoms in total. The van der Waals surface area contributed by atoms with Crippen LogP contribution < -0.4 is 10.0 Å². The van der Waals surface area contributed by atoms with Crippen molar-refractivity contribution in [1.82, 2.24) is 10.0 Å². The van der Waals surface area contributed by atoms with Gasteiger partial charge in [-0.05, 0) is 24.7 Å². The molecule has 0 spiro atoms. The topological polar surface area (TPSA) is 58.2 Å². The molecule has 104 valence electrons. The van der Waals surface area contributed by atoms with Crippen molar-refractivity contribution in [3.05, 3.63) is 34.6 Å². The van der Waals surface area contributed by atoms with Crippen molar-refractivity contribution in [2.75, 3.05) is 20.1 Å². The Labute approximate surface area is 117 Å². The Kier molecular flexibility index (Phi) is 7.73. The third-order valence-corrected chi connectivity index (χ3v) is 3.68. The maximum absolute atomic E-state index is 12.9. The highest BCUT2D eigenvalue weighted by molar-refractivity contribution is 7.88. The summed E-state index contributed by atoms with van der Waals surface area (Å²) in [5.74, 6) is -0.771. The Hall–Kier alpha value is -0.400. The normalized spacial score (nSPS) is 11.1. The number of halogens is 3. The number of likely N-dealkylation sites (N-methyl/N-ethyl adjacent to an activating group) is 1. The van der Waals surface area contributed by atoms with Crippen molar-refractivity contribution >= 4 is 34.0 Å². The third-order valence-electron chi connectivity index (χ3n) is 2.04. The van der Waals surface area contributed by atoms with Gasteiger partial charge in [0.1, 0.15) is 5.82 Å². The van der Waals surface area contributed by atoms with Gasteiger partial charge >= 0.3 is 0 Å². The van der Waals surface area contributed by atoms with Crippen LogP contribution in [-0.4, -0.2) is 28.6 Å². The average molecular weight is 317 g/mol. The molecule has 0 aromatic heterocycles. The first-order valence-electron chi connectivity index (χ1n) is 5.00. The van der Waals surface area contributed by atoms with Gasteiger partial charge in [0.05, 0.1) is 10.8 Å². The van der Waals surface area contributed by atoms with Crippen LogP contribution in [0, 0.1) is 5.82 Å². The summed E-state index contributed by atoms with van der Waals surface area (Å²) < 4.78 is 38.5. The molecule has 1 aromatic carbocycles. The minimum absolute atomic E-state index is 0. The van der Waals surface area contributed by atoms with Crippen LogP contribution >= 0.6 is 24.0 Å². The fourth-order valence-corrected chi connectivity index (χ4v) is 2.57. The Morgan fingerprint density at radius 2 is 2.00 bits per heavy atom. The van der Waals surface area contributed by atoms with Gasteiger partial charge in [0, 0.05) is 13.1 Å². The SMILES string of the molecule is CNCCNS(=O)(=O)Cc1ccc(F)c(Cl)c1.Cl. The summed E-state index contributed by atoms with van der Waals surface area (Å²) in [6.45, 7) is 0.858. The predicted octanol–water partition coefficient (Wildman–Crippen LogP) is 1.54. The second kappa shape index (κ2) is 7.91. The quantitative estimate of drug-likeness (QED) is 0.783. The number of benzene rings is 1. The standard InChI is InChI=1S/C10H14ClFN2O2S.ClH/c1-13-4-5-14-17(15,16)7-8-2-3-10(12)9(11)6-8;/h2-3,6,13-14H,4-5,7H2,1H3;1H. The van der Waals surface area contributed by atoms with Crippen molar-refractivity contribution in [2.24, 2.45) is 0 Å². The smallest absolute Gasteiger partial charge is 0.215 e. The zero-order valence-corrected chi connectivity index (χ0v) is 12.1. The molecule has 0 atom stereocenters. The Morgan fingerprint density at radius 3 is 2.56 bits per heavy atom. The largest absolute Gasteiger partial charge is 0.318 e. The first-order chi connectivity index (χ1) is 7.94. The van der Waals surface area contributed by atoms with Gasteiger partial charge in [-0.1, -0.05) is 17.7 Å². The summed E-state index contributed by atoms with van der Waals surface area (Å²) in [5.41, 5.74) is 0.452. The van der Waals surface area contributed by atoms with E-state index < -0.39 is 15.8 Å². The summed E-state index contributed by atoms with van der Waals surface area (Å²) in [6, 6.07) is 3.87. The highest BCUT2D eigenvalue weighted by Gasteiger charge is 2.11. The van der Waals surface area contributed by atoms with Gasteiger partial charge in [0.25, 0.3) is 0 Å². The highest BCUT2D eigenvalue weighted by atomic mass is 35.5. The lowest BCUT2D eigenvalue weighted by atomic mass is 10.2. The Bertz CT molecular complexity index is 483. The van der Waals surface area contributed by atoms with Crippen LogP contribution in [0.2, 0.25) is 5.02 Å². The number of sulfonamides is 1. The van der Waals surface area contributed by atoms with E-state index in [1.54, 1.807) is 7.05 Å². The molecule has 18 heavy (non-hydrogen) atoms.